The molecule has 0 spiro atoms. The Balaban J connectivity index is 2.66. The standard InChI is InChI=1S/C12H9ClINO/c1-2-6-16-12-10(14)7-9(13)8-4-3-5-15-11(8)12/h2-5,7H,1,6H2. The molecule has 0 saturated carbocycles. The summed E-state index contributed by atoms with van der Waals surface area (Å²) < 4.78 is 6.56. The Labute approximate surface area is 112 Å². The van der Waals surface area contributed by atoms with Gasteiger partial charge in [-0.2, -0.15) is 0 Å². The van der Waals surface area contributed by atoms with E-state index in [1.165, 1.54) is 0 Å². The van der Waals surface area contributed by atoms with Crippen LogP contribution in [0.2, 0.25) is 5.02 Å². The third kappa shape index (κ3) is 2.15. The predicted molar refractivity (Wildman–Crippen MR) is 75.2 cm³/mol. The molecule has 16 heavy (non-hydrogen) atoms. The minimum Gasteiger partial charge on any atom is -0.486 e. The van der Waals surface area contributed by atoms with Crippen LogP contribution in [0.25, 0.3) is 10.9 Å². The summed E-state index contributed by atoms with van der Waals surface area (Å²) in [6, 6.07) is 5.67. The maximum absolute atomic E-state index is 6.15. The molecule has 4 heteroatoms. The lowest BCUT2D eigenvalue weighted by Crippen LogP contribution is -1.97. The van der Waals surface area contributed by atoms with Gasteiger partial charge in [-0.15, -0.1) is 0 Å². The van der Waals surface area contributed by atoms with E-state index in [-0.39, 0.29) is 0 Å². The molecule has 0 aliphatic rings. The molecule has 0 radical (unpaired) electrons. The molecule has 0 amide bonds. The summed E-state index contributed by atoms with van der Waals surface area (Å²) in [5, 5.41) is 1.60. The lowest BCUT2D eigenvalue weighted by molar-refractivity contribution is 0.364. The van der Waals surface area contributed by atoms with E-state index in [4.69, 9.17) is 16.3 Å². The number of nitrogens with zero attached hydrogens (tertiary/aromatic N) is 1. The number of pyridine rings is 1. The lowest BCUT2D eigenvalue weighted by atomic mass is 10.2. The molecule has 0 saturated heterocycles. The van der Waals surface area contributed by atoms with Crippen molar-refractivity contribution in [1.82, 2.24) is 4.98 Å². The van der Waals surface area contributed by atoms with Crippen LogP contribution in [0.4, 0.5) is 0 Å². The fourth-order valence-corrected chi connectivity index (χ4v) is 2.59. The van der Waals surface area contributed by atoms with Crippen molar-refractivity contribution in [3.8, 4) is 5.75 Å². The Morgan fingerprint density at radius 1 is 1.56 bits per heavy atom. The van der Waals surface area contributed by atoms with E-state index in [0.29, 0.717) is 11.6 Å². The zero-order valence-corrected chi connectivity index (χ0v) is 11.3. The van der Waals surface area contributed by atoms with Crippen molar-refractivity contribution in [3.05, 3.63) is 45.6 Å². The Bertz CT molecular complexity index is 542. The summed E-state index contributed by atoms with van der Waals surface area (Å²) in [6.45, 7) is 4.09. The summed E-state index contributed by atoms with van der Waals surface area (Å²) in [4.78, 5) is 4.31. The van der Waals surface area contributed by atoms with Crippen LogP contribution in [0.1, 0.15) is 0 Å². The van der Waals surface area contributed by atoms with Gasteiger partial charge in [-0.3, -0.25) is 4.98 Å². The first-order valence-electron chi connectivity index (χ1n) is 4.70. The van der Waals surface area contributed by atoms with Crippen LogP contribution in [0.3, 0.4) is 0 Å². The SMILES string of the molecule is C=CCOc1c(I)cc(Cl)c2cccnc12. The molecular formula is C12H9ClINO. The van der Waals surface area contributed by atoms with Gasteiger partial charge < -0.3 is 4.74 Å². The second-order valence-electron chi connectivity index (χ2n) is 3.17. The molecule has 82 valence electrons. The van der Waals surface area contributed by atoms with E-state index in [0.717, 1.165) is 20.2 Å². The van der Waals surface area contributed by atoms with Crippen LogP contribution in [0.5, 0.6) is 5.75 Å². The summed E-state index contributed by atoms with van der Waals surface area (Å²) in [7, 11) is 0. The van der Waals surface area contributed by atoms with Crippen LogP contribution in [0.15, 0.2) is 37.1 Å². The molecule has 2 nitrogen and oxygen atoms in total. The van der Waals surface area contributed by atoms with Gasteiger partial charge in [-0.05, 0) is 40.8 Å². The van der Waals surface area contributed by atoms with E-state index in [1.807, 2.05) is 18.2 Å². The van der Waals surface area contributed by atoms with Crippen molar-refractivity contribution in [2.75, 3.05) is 6.61 Å². The van der Waals surface area contributed by atoms with Gasteiger partial charge in [0.25, 0.3) is 0 Å². The molecule has 1 aromatic heterocycles. The maximum atomic E-state index is 6.15. The van der Waals surface area contributed by atoms with Gasteiger partial charge in [0.1, 0.15) is 12.1 Å². The molecule has 1 aromatic carbocycles. The highest BCUT2D eigenvalue weighted by molar-refractivity contribution is 14.1. The van der Waals surface area contributed by atoms with Crippen LogP contribution < -0.4 is 4.74 Å². The minimum atomic E-state index is 0.462. The van der Waals surface area contributed by atoms with Gasteiger partial charge in [0, 0.05) is 11.6 Å². The van der Waals surface area contributed by atoms with E-state index in [1.54, 1.807) is 12.3 Å². The number of hydrogen-bond donors (Lipinski definition) is 0. The van der Waals surface area contributed by atoms with Crippen LogP contribution in [0, 0.1) is 3.57 Å². The van der Waals surface area contributed by atoms with E-state index < -0.39 is 0 Å². The number of halogens is 2. The normalized spacial score (nSPS) is 10.4. The zero-order chi connectivity index (χ0) is 11.5. The van der Waals surface area contributed by atoms with Crippen molar-refractivity contribution in [1.29, 1.82) is 0 Å². The fourth-order valence-electron chi connectivity index (χ4n) is 1.43. The molecular weight excluding hydrogens is 336 g/mol. The maximum Gasteiger partial charge on any atom is 0.159 e. The smallest absolute Gasteiger partial charge is 0.159 e. The number of rotatable bonds is 3. The zero-order valence-electron chi connectivity index (χ0n) is 8.41. The molecule has 2 aromatic rings. The van der Waals surface area contributed by atoms with Gasteiger partial charge in [0.2, 0.25) is 0 Å². The van der Waals surface area contributed by atoms with Gasteiger partial charge in [0.05, 0.1) is 8.59 Å². The Morgan fingerprint density at radius 3 is 3.12 bits per heavy atom. The fraction of sp³-hybridized carbons (Fsp3) is 0.0833. The molecule has 0 atom stereocenters. The van der Waals surface area contributed by atoms with Gasteiger partial charge >= 0.3 is 0 Å². The van der Waals surface area contributed by atoms with Crippen molar-refractivity contribution < 1.29 is 4.74 Å². The van der Waals surface area contributed by atoms with Gasteiger partial charge in [-0.1, -0.05) is 24.3 Å². The van der Waals surface area contributed by atoms with Crippen molar-refractivity contribution in [2.45, 2.75) is 0 Å². The number of benzene rings is 1. The Hall–Kier alpha value is -0.810. The first-order valence-corrected chi connectivity index (χ1v) is 6.16. The van der Waals surface area contributed by atoms with Crippen LogP contribution in [-0.4, -0.2) is 11.6 Å². The first kappa shape index (κ1) is 11.7. The number of aromatic nitrogens is 1. The van der Waals surface area contributed by atoms with E-state index in [2.05, 4.69) is 34.2 Å². The highest BCUT2D eigenvalue weighted by Gasteiger charge is 2.11. The third-order valence-corrected chi connectivity index (χ3v) is 3.21. The van der Waals surface area contributed by atoms with Crippen LogP contribution in [-0.2, 0) is 0 Å². The molecule has 0 aliphatic carbocycles. The summed E-state index contributed by atoms with van der Waals surface area (Å²) in [6.07, 6.45) is 3.44. The molecule has 0 unspecified atom stereocenters. The van der Waals surface area contributed by atoms with Crippen molar-refractivity contribution in [2.24, 2.45) is 0 Å². The van der Waals surface area contributed by atoms with Crippen molar-refractivity contribution >= 4 is 45.1 Å². The minimum absolute atomic E-state index is 0.462. The number of fused-ring (bicyclic) bond motifs is 1. The van der Waals surface area contributed by atoms with E-state index >= 15 is 0 Å². The highest BCUT2D eigenvalue weighted by Crippen LogP contribution is 2.34. The molecule has 2 rings (SSSR count). The first-order chi connectivity index (χ1) is 7.74. The Morgan fingerprint density at radius 2 is 2.38 bits per heavy atom. The molecule has 0 bridgehead atoms. The second kappa shape index (κ2) is 5.01. The average molecular weight is 346 g/mol. The molecule has 0 N–H and O–H groups in total. The summed E-state index contributed by atoms with van der Waals surface area (Å²) in [5.41, 5.74) is 0.793. The molecule has 0 aliphatic heterocycles. The highest BCUT2D eigenvalue weighted by atomic mass is 127. The molecule has 0 fully saturated rings. The van der Waals surface area contributed by atoms with Crippen LogP contribution >= 0.6 is 34.2 Å². The topological polar surface area (TPSA) is 22.1 Å². The van der Waals surface area contributed by atoms with Gasteiger partial charge in [-0.25, -0.2) is 0 Å². The molecule has 1 heterocycles. The van der Waals surface area contributed by atoms with E-state index in [9.17, 15) is 0 Å². The number of ether oxygens (including phenoxy) is 1. The van der Waals surface area contributed by atoms with Crippen molar-refractivity contribution in [3.63, 3.8) is 0 Å². The predicted octanol–water partition coefficient (Wildman–Crippen LogP) is 4.06. The Kier molecular flexibility index (Phi) is 3.66. The number of hydrogen-bond acceptors (Lipinski definition) is 2. The monoisotopic (exact) mass is 345 g/mol. The lowest BCUT2D eigenvalue weighted by Gasteiger charge is -2.10. The van der Waals surface area contributed by atoms with Gasteiger partial charge in [0.15, 0.2) is 5.75 Å². The summed E-state index contributed by atoms with van der Waals surface area (Å²) >= 11 is 8.34. The third-order valence-electron chi connectivity index (χ3n) is 2.10. The average Bonchev–Trinajstić information content (AvgIpc) is 2.29. The summed E-state index contributed by atoms with van der Waals surface area (Å²) in [5.74, 6) is 0.764. The largest absolute Gasteiger partial charge is 0.486 e. The quantitative estimate of drug-likeness (QED) is 0.618. The second-order valence-corrected chi connectivity index (χ2v) is 4.74.